The first-order valence-corrected chi connectivity index (χ1v) is 6.34. The lowest BCUT2D eigenvalue weighted by atomic mass is 10.1. The molecule has 1 aromatic heterocycles. The summed E-state index contributed by atoms with van der Waals surface area (Å²) in [4.78, 5) is 12.2. The minimum atomic E-state index is -0.0902. The lowest BCUT2D eigenvalue weighted by Crippen LogP contribution is -2.08. The van der Waals surface area contributed by atoms with Crippen molar-refractivity contribution in [1.29, 1.82) is 0 Å². The van der Waals surface area contributed by atoms with Crippen LogP contribution in [0.15, 0.2) is 30.5 Å². The molecule has 0 aliphatic rings. The largest absolute Gasteiger partial charge is 0.494 e. The molecule has 2 rings (SSSR count). The van der Waals surface area contributed by atoms with E-state index >= 15 is 0 Å². The Morgan fingerprint density at radius 3 is 2.63 bits per heavy atom. The van der Waals surface area contributed by atoms with Crippen LogP contribution in [0.5, 0.6) is 5.75 Å². The molecular weight excluding hydrogens is 242 g/mol. The van der Waals surface area contributed by atoms with E-state index < -0.39 is 0 Å². The second kappa shape index (κ2) is 6.13. The van der Waals surface area contributed by atoms with Crippen molar-refractivity contribution in [3.8, 4) is 5.75 Å². The highest BCUT2D eigenvalue weighted by Crippen LogP contribution is 2.15. The third-order valence-corrected chi connectivity index (χ3v) is 2.83. The molecule has 0 fully saturated rings. The number of rotatable bonds is 6. The molecule has 0 amide bonds. The van der Waals surface area contributed by atoms with Gasteiger partial charge in [0.05, 0.1) is 12.8 Å². The van der Waals surface area contributed by atoms with Crippen molar-refractivity contribution < 1.29 is 9.53 Å². The smallest absolute Gasteiger partial charge is 0.212 e. The lowest BCUT2D eigenvalue weighted by Gasteiger charge is -2.06. The molecule has 1 heterocycles. The quantitative estimate of drug-likeness (QED) is 0.589. The van der Waals surface area contributed by atoms with E-state index in [1.54, 1.807) is 19.2 Å². The van der Waals surface area contributed by atoms with Gasteiger partial charge in [0.2, 0.25) is 5.78 Å². The van der Waals surface area contributed by atoms with Crippen LogP contribution in [-0.4, -0.2) is 27.4 Å². The van der Waals surface area contributed by atoms with E-state index in [1.807, 2.05) is 12.1 Å². The maximum atomic E-state index is 12.2. The number of unbranched alkanes of at least 4 members (excludes halogenated alkanes) is 1. The Hall–Kier alpha value is -2.17. The molecule has 19 heavy (non-hydrogen) atoms. The maximum absolute atomic E-state index is 12.2. The van der Waals surface area contributed by atoms with Gasteiger partial charge in [-0.25, -0.2) is 4.68 Å². The molecule has 0 radical (unpaired) electrons. The van der Waals surface area contributed by atoms with Gasteiger partial charge in [-0.3, -0.25) is 4.79 Å². The highest BCUT2D eigenvalue weighted by molar-refractivity contribution is 6.07. The average Bonchev–Trinajstić information content (AvgIpc) is 2.85. The Bertz CT molecular complexity index is 546. The summed E-state index contributed by atoms with van der Waals surface area (Å²) in [6, 6.07) is 7.15. The van der Waals surface area contributed by atoms with Crippen LogP contribution in [-0.2, 0) is 7.05 Å². The fraction of sp³-hybridized carbons (Fsp3) is 0.357. The first-order chi connectivity index (χ1) is 9.22. The Morgan fingerprint density at radius 1 is 1.32 bits per heavy atom. The highest BCUT2D eigenvalue weighted by atomic mass is 16.5. The van der Waals surface area contributed by atoms with Crippen LogP contribution in [0.3, 0.4) is 0 Å². The Kier molecular flexibility index (Phi) is 4.28. The summed E-state index contributed by atoms with van der Waals surface area (Å²) in [5.41, 5.74) is 1.08. The van der Waals surface area contributed by atoms with Crippen molar-refractivity contribution in [1.82, 2.24) is 15.0 Å². The summed E-state index contributed by atoms with van der Waals surface area (Å²) < 4.78 is 7.02. The fourth-order valence-corrected chi connectivity index (χ4v) is 1.68. The van der Waals surface area contributed by atoms with Crippen LogP contribution >= 0.6 is 0 Å². The first kappa shape index (κ1) is 13.3. The molecule has 0 saturated heterocycles. The van der Waals surface area contributed by atoms with E-state index in [0.717, 1.165) is 18.6 Å². The Balaban J connectivity index is 2.06. The number of hydrogen-bond acceptors (Lipinski definition) is 4. The number of ether oxygens (including phenoxy) is 1. The SMILES string of the molecule is CCCCOc1ccc(C(=O)c2cnnn2C)cc1. The number of benzene rings is 1. The lowest BCUT2D eigenvalue weighted by molar-refractivity contribution is 0.103. The van der Waals surface area contributed by atoms with Gasteiger partial charge in [-0.1, -0.05) is 18.6 Å². The van der Waals surface area contributed by atoms with E-state index in [2.05, 4.69) is 17.2 Å². The van der Waals surface area contributed by atoms with Crippen LogP contribution in [0.1, 0.15) is 35.8 Å². The summed E-state index contributed by atoms with van der Waals surface area (Å²) in [5.74, 6) is 0.695. The van der Waals surface area contributed by atoms with Crippen LogP contribution in [0.25, 0.3) is 0 Å². The van der Waals surface area contributed by atoms with E-state index in [4.69, 9.17) is 4.74 Å². The summed E-state index contributed by atoms with van der Waals surface area (Å²) >= 11 is 0. The zero-order valence-corrected chi connectivity index (χ0v) is 11.2. The average molecular weight is 259 g/mol. The van der Waals surface area contributed by atoms with E-state index in [-0.39, 0.29) is 5.78 Å². The molecular formula is C14H17N3O2. The van der Waals surface area contributed by atoms with Crippen LogP contribution in [0.2, 0.25) is 0 Å². The molecule has 0 saturated carbocycles. The van der Waals surface area contributed by atoms with Gasteiger partial charge in [0.15, 0.2) is 0 Å². The molecule has 0 spiro atoms. The van der Waals surface area contributed by atoms with Crippen molar-refractivity contribution in [3.63, 3.8) is 0 Å². The number of nitrogens with zero attached hydrogens (tertiary/aromatic N) is 3. The van der Waals surface area contributed by atoms with Crippen molar-refractivity contribution in [3.05, 3.63) is 41.7 Å². The number of hydrogen-bond donors (Lipinski definition) is 0. The monoisotopic (exact) mass is 259 g/mol. The van der Waals surface area contributed by atoms with E-state index in [0.29, 0.717) is 17.9 Å². The van der Waals surface area contributed by atoms with Gasteiger partial charge < -0.3 is 4.74 Å². The summed E-state index contributed by atoms with van der Waals surface area (Å²) in [6.07, 6.45) is 3.60. The number of aryl methyl sites for hydroxylation is 1. The predicted molar refractivity (Wildman–Crippen MR) is 71.3 cm³/mol. The molecule has 0 N–H and O–H groups in total. The summed E-state index contributed by atoms with van der Waals surface area (Å²) in [7, 11) is 1.70. The van der Waals surface area contributed by atoms with Gasteiger partial charge in [0, 0.05) is 12.6 Å². The second-order valence-corrected chi connectivity index (χ2v) is 4.30. The predicted octanol–water partition coefficient (Wildman–Crippen LogP) is 2.22. The molecule has 100 valence electrons. The van der Waals surface area contributed by atoms with E-state index in [1.165, 1.54) is 10.9 Å². The third kappa shape index (κ3) is 3.19. The number of ketones is 1. The van der Waals surface area contributed by atoms with Gasteiger partial charge in [-0.2, -0.15) is 0 Å². The molecule has 2 aromatic rings. The minimum Gasteiger partial charge on any atom is -0.494 e. The van der Waals surface area contributed by atoms with Gasteiger partial charge in [-0.15, -0.1) is 5.10 Å². The molecule has 0 bridgehead atoms. The van der Waals surface area contributed by atoms with Gasteiger partial charge in [0.1, 0.15) is 11.4 Å². The Labute approximate surface area is 112 Å². The standard InChI is InChI=1S/C14H17N3O2/c1-3-4-9-19-12-7-5-11(6-8-12)14(18)13-10-15-16-17(13)2/h5-8,10H,3-4,9H2,1-2H3. The van der Waals surface area contributed by atoms with Gasteiger partial charge in [-0.05, 0) is 30.7 Å². The zero-order chi connectivity index (χ0) is 13.7. The van der Waals surface area contributed by atoms with Crippen LogP contribution < -0.4 is 4.74 Å². The summed E-state index contributed by atoms with van der Waals surface area (Å²) in [6.45, 7) is 2.82. The van der Waals surface area contributed by atoms with Crippen molar-refractivity contribution >= 4 is 5.78 Å². The van der Waals surface area contributed by atoms with Crippen molar-refractivity contribution in [2.75, 3.05) is 6.61 Å². The van der Waals surface area contributed by atoms with Crippen LogP contribution in [0.4, 0.5) is 0 Å². The normalized spacial score (nSPS) is 10.4. The third-order valence-electron chi connectivity index (χ3n) is 2.83. The topological polar surface area (TPSA) is 57.0 Å². The molecule has 0 aliphatic carbocycles. The number of carbonyl (C=O) groups is 1. The van der Waals surface area contributed by atoms with Gasteiger partial charge >= 0.3 is 0 Å². The molecule has 0 atom stereocenters. The van der Waals surface area contributed by atoms with Crippen molar-refractivity contribution in [2.24, 2.45) is 7.05 Å². The maximum Gasteiger partial charge on any atom is 0.212 e. The molecule has 0 aliphatic heterocycles. The molecule has 5 nitrogen and oxygen atoms in total. The molecule has 5 heteroatoms. The zero-order valence-electron chi connectivity index (χ0n) is 11.2. The minimum absolute atomic E-state index is 0.0902. The first-order valence-electron chi connectivity index (χ1n) is 6.34. The highest BCUT2D eigenvalue weighted by Gasteiger charge is 2.13. The van der Waals surface area contributed by atoms with E-state index in [9.17, 15) is 4.79 Å². The number of aromatic nitrogens is 3. The van der Waals surface area contributed by atoms with Gasteiger partial charge in [0.25, 0.3) is 0 Å². The molecule has 0 unspecified atom stereocenters. The second-order valence-electron chi connectivity index (χ2n) is 4.30. The fourth-order valence-electron chi connectivity index (χ4n) is 1.68. The molecule has 1 aromatic carbocycles. The van der Waals surface area contributed by atoms with Crippen LogP contribution in [0, 0.1) is 0 Å². The Morgan fingerprint density at radius 2 is 2.05 bits per heavy atom. The van der Waals surface area contributed by atoms with Crippen molar-refractivity contribution in [2.45, 2.75) is 19.8 Å². The summed E-state index contributed by atoms with van der Waals surface area (Å²) in [5, 5.41) is 7.45. The number of carbonyl (C=O) groups excluding carboxylic acids is 1.